The van der Waals surface area contributed by atoms with E-state index in [4.69, 9.17) is 56.8 Å². The highest BCUT2D eigenvalue weighted by molar-refractivity contribution is 6.12. The zero-order chi connectivity index (χ0) is 51.0. The molecular weight excluding hydrogens is 953 g/mol. The lowest BCUT2D eigenvalue weighted by molar-refractivity contribution is -0.140. The van der Waals surface area contributed by atoms with Crippen molar-refractivity contribution in [2.45, 2.75) is 19.3 Å². The van der Waals surface area contributed by atoms with E-state index in [2.05, 4.69) is 10.1 Å². The first kappa shape index (κ1) is 61.8. The van der Waals surface area contributed by atoms with Crippen LogP contribution in [-0.2, 0) is 80.8 Å². The first-order chi connectivity index (χ1) is 34.0. The number of hydrogen-bond acceptors (Lipinski definition) is 18. The quantitative estimate of drug-likeness (QED) is 0.0184. The molecule has 0 atom stereocenters. The molecule has 1 N–H and O–H groups in total. The van der Waals surface area contributed by atoms with Crippen LogP contribution in [0.15, 0.2) is 12.2 Å². The minimum Gasteiger partial charge on any atom is -0.420 e. The maximum Gasteiger partial charge on any atom is 0.313 e. The fourth-order valence-electron chi connectivity index (χ4n) is 5.46. The zero-order valence-corrected chi connectivity index (χ0v) is 39.5. The first-order valence-electron chi connectivity index (χ1n) is 22.6. The highest BCUT2D eigenvalue weighted by atomic mass is 19.2. The van der Waals surface area contributed by atoms with E-state index >= 15 is 0 Å². The summed E-state index contributed by atoms with van der Waals surface area (Å²) in [6.07, 6.45) is 1.30. The van der Waals surface area contributed by atoms with E-state index in [1.165, 1.54) is 0 Å². The molecule has 2 rings (SSSR count). The molecule has 26 heteroatoms. The molecular formula is C44H66F5N3O18. The maximum absolute atomic E-state index is 14.0. The van der Waals surface area contributed by atoms with Gasteiger partial charge in [-0.2, -0.15) is 8.78 Å². The summed E-state index contributed by atoms with van der Waals surface area (Å²) in [6, 6.07) is 0. The Morgan fingerprint density at radius 2 is 0.843 bits per heavy atom. The lowest BCUT2D eigenvalue weighted by atomic mass is 10.2. The van der Waals surface area contributed by atoms with Crippen molar-refractivity contribution in [1.29, 1.82) is 0 Å². The standard InChI is InChI=1S/C44H66F5N3O18/c1-58-11-12-60-15-16-62-19-20-64-23-24-66-27-28-68-31-32-69-30-29-67-26-25-65-22-21-63-18-17-61-14-13-59-10-6-35(54)51(33-34(53)50-7-2-8-52-36(55)3-4-37(52)56)9-5-38(57)70-44-42(48)40(46)39(45)41(47)43(44)49/h3-4H,2,5-33H2,1H3,(H,50,53). The lowest BCUT2D eigenvalue weighted by Crippen LogP contribution is -2.43. The number of hydrogen-bond donors (Lipinski definition) is 1. The Morgan fingerprint density at radius 3 is 1.21 bits per heavy atom. The predicted octanol–water partition coefficient (Wildman–Crippen LogP) is 1.16. The number of esters is 1. The second-order valence-corrected chi connectivity index (χ2v) is 14.3. The molecule has 1 heterocycles. The highest BCUT2D eigenvalue weighted by Gasteiger charge is 2.29. The van der Waals surface area contributed by atoms with Gasteiger partial charge in [0, 0.05) is 38.9 Å². The van der Waals surface area contributed by atoms with Crippen molar-refractivity contribution < 1.29 is 108 Å². The van der Waals surface area contributed by atoms with E-state index in [9.17, 15) is 45.9 Å². The highest BCUT2D eigenvalue weighted by Crippen LogP contribution is 2.29. The fourth-order valence-corrected chi connectivity index (χ4v) is 5.46. The van der Waals surface area contributed by atoms with Crippen LogP contribution in [-0.4, -0.2) is 225 Å². The summed E-state index contributed by atoms with van der Waals surface area (Å²) in [5, 5.41) is 2.50. The number of carbonyl (C=O) groups excluding carboxylic acids is 5. The van der Waals surface area contributed by atoms with Gasteiger partial charge in [0.05, 0.1) is 171 Å². The molecule has 400 valence electrons. The molecule has 1 aliphatic rings. The fraction of sp³-hybridized carbons (Fsp3) is 0.705. The summed E-state index contributed by atoms with van der Waals surface area (Å²) in [5.74, 6) is -17.5. The largest absolute Gasteiger partial charge is 0.420 e. The topological polar surface area (TPSA) is 224 Å². The van der Waals surface area contributed by atoms with Crippen molar-refractivity contribution in [3.05, 3.63) is 41.2 Å². The van der Waals surface area contributed by atoms with Gasteiger partial charge in [0.25, 0.3) is 11.8 Å². The van der Waals surface area contributed by atoms with Crippen molar-refractivity contribution in [2.75, 3.05) is 185 Å². The molecule has 70 heavy (non-hydrogen) atoms. The monoisotopic (exact) mass is 1020 g/mol. The normalized spacial score (nSPS) is 12.4. The van der Waals surface area contributed by atoms with Gasteiger partial charge in [-0.3, -0.25) is 28.9 Å². The van der Waals surface area contributed by atoms with Crippen LogP contribution in [0.3, 0.4) is 0 Å². The van der Waals surface area contributed by atoms with Crippen LogP contribution in [0.1, 0.15) is 19.3 Å². The summed E-state index contributed by atoms with van der Waals surface area (Å²) < 4.78 is 138. The summed E-state index contributed by atoms with van der Waals surface area (Å²) >= 11 is 0. The number of benzene rings is 1. The van der Waals surface area contributed by atoms with Crippen molar-refractivity contribution in [1.82, 2.24) is 15.1 Å². The summed E-state index contributed by atoms with van der Waals surface area (Å²) in [5.41, 5.74) is 0. The summed E-state index contributed by atoms with van der Waals surface area (Å²) in [7, 11) is 1.62. The number of nitrogens with one attached hydrogen (secondary N) is 1. The van der Waals surface area contributed by atoms with E-state index < -0.39 is 83.9 Å². The Kier molecular flexibility index (Phi) is 35.6. The van der Waals surface area contributed by atoms with Crippen LogP contribution in [0.25, 0.3) is 0 Å². The van der Waals surface area contributed by atoms with E-state index in [1.807, 2.05) is 0 Å². The molecule has 0 aromatic heterocycles. The van der Waals surface area contributed by atoms with Crippen LogP contribution < -0.4 is 10.1 Å². The van der Waals surface area contributed by atoms with Crippen LogP contribution in [0.5, 0.6) is 5.75 Å². The SMILES string of the molecule is COCCOCCOCCOCCOCCOCCOCCOCCOCCOCCOCCOCCC(=O)N(CCC(=O)Oc1c(F)c(F)c(F)c(F)c1F)CC(=O)NCCCN1C(=O)C=CC1=O. The van der Waals surface area contributed by atoms with Gasteiger partial charge < -0.3 is 71.8 Å². The van der Waals surface area contributed by atoms with Crippen molar-refractivity contribution >= 4 is 29.6 Å². The number of halogens is 5. The lowest BCUT2D eigenvalue weighted by Gasteiger charge is -2.22. The molecule has 0 aliphatic carbocycles. The third kappa shape index (κ3) is 28.5. The maximum atomic E-state index is 14.0. The molecule has 1 aromatic carbocycles. The molecule has 21 nitrogen and oxygen atoms in total. The Morgan fingerprint density at radius 1 is 0.500 bits per heavy atom. The van der Waals surface area contributed by atoms with Gasteiger partial charge in [-0.15, -0.1) is 0 Å². The Hall–Kier alpha value is -4.32. The molecule has 0 fully saturated rings. The second kappa shape index (κ2) is 40.3. The Labute approximate surface area is 403 Å². The van der Waals surface area contributed by atoms with Crippen molar-refractivity contribution in [3.63, 3.8) is 0 Å². The number of imide groups is 1. The third-order valence-corrected chi connectivity index (χ3v) is 9.05. The van der Waals surface area contributed by atoms with Crippen LogP contribution in [0.4, 0.5) is 22.0 Å². The molecule has 0 saturated carbocycles. The number of methoxy groups -OCH3 is 1. The minimum absolute atomic E-state index is 0.00306. The second-order valence-electron chi connectivity index (χ2n) is 14.3. The number of carbonyl (C=O) groups is 5. The van der Waals surface area contributed by atoms with Crippen molar-refractivity contribution in [2.24, 2.45) is 0 Å². The number of rotatable bonds is 46. The predicted molar refractivity (Wildman–Crippen MR) is 232 cm³/mol. The van der Waals surface area contributed by atoms with Gasteiger partial charge in [0.2, 0.25) is 46.6 Å². The number of ether oxygens (including phenoxy) is 13. The molecule has 0 bridgehead atoms. The van der Waals surface area contributed by atoms with Gasteiger partial charge in [-0.25, -0.2) is 13.2 Å². The van der Waals surface area contributed by atoms with E-state index in [0.29, 0.717) is 119 Å². The van der Waals surface area contributed by atoms with Crippen LogP contribution in [0.2, 0.25) is 0 Å². The van der Waals surface area contributed by atoms with E-state index in [-0.39, 0.29) is 59.0 Å². The summed E-state index contributed by atoms with van der Waals surface area (Å²) in [4.78, 5) is 63.3. The van der Waals surface area contributed by atoms with Gasteiger partial charge in [-0.1, -0.05) is 0 Å². The Balaban J connectivity index is 1.46. The molecule has 1 aliphatic heterocycles. The zero-order valence-electron chi connectivity index (χ0n) is 39.5. The molecule has 0 saturated heterocycles. The molecule has 0 unspecified atom stereocenters. The van der Waals surface area contributed by atoms with Gasteiger partial charge in [0.15, 0.2) is 0 Å². The Bertz CT molecular complexity index is 1640. The molecule has 4 amide bonds. The van der Waals surface area contributed by atoms with E-state index in [1.54, 1.807) is 7.11 Å². The van der Waals surface area contributed by atoms with Crippen molar-refractivity contribution in [3.8, 4) is 5.75 Å². The average Bonchev–Trinajstić information content (AvgIpc) is 3.67. The molecule has 0 radical (unpaired) electrons. The first-order valence-corrected chi connectivity index (χ1v) is 22.6. The minimum atomic E-state index is -2.45. The molecule has 1 aromatic rings. The number of nitrogens with zero attached hydrogens (tertiary/aromatic N) is 2. The van der Waals surface area contributed by atoms with Gasteiger partial charge in [-0.05, 0) is 6.42 Å². The molecule has 0 spiro atoms. The average molecular weight is 1020 g/mol. The van der Waals surface area contributed by atoms with Crippen LogP contribution in [0, 0.1) is 29.1 Å². The summed E-state index contributed by atoms with van der Waals surface area (Å²) in [6.45, 7) is 7.54. The smallest absolute Gasteiger partial charge is 0.313 e. The van der Waals surface area contributed by atoms with Crippen LogP contribution >= 0.6 is 0 Å². The van der Waals surface area contributed by atoms with E-state index in [0.717, 1.165) is 22.0 Å². The number of amides is 4. The third-order valence-electron chi connectivity index (χ3n) is 9.05. The van der Waals surface area contributed by atoms with Gasteiger partial charge in [0.1, 0.15) is 0 Å². The van der Waals surface area contributed by atoms with Gasteiger partial charge >= 0.3 is 5.97 Å².